The Bertz CT molecular complexity index is 1050. The van der Waals surface area contributed by atoms with Gasteiger partial charge in [-0.2, -0.15) is 0 Å². The molecule has 1 unspecified atom stereocenters. The highest BCUT2D eigenvalue weighted by molar-refractivity contribution is 5.50. The quantitative estimate of drug-likeness (QED) is 0.648. The predicted octanol–water partition coefficient (Wildman–Crippen LogP) is 5.23. The van der Waals surface area contributed by atoms with Crippen molar-refractivity contribution in [3.05, 3.63) is 106 Å². The van der Waals surface area contributed by atoms with E-state index >= 15 is 0 Å². The molecule has 1 aliphatic heterocycles. The SMILES string of the molecule is CC1(O)c2ccccc2[C@H]2C[C@H](COCc3ccccc3)O[C@@H]2c2cc(F)ccc21. The van der Waals surface area contributed by atoms with Crippen LogP contribution in [0.15, 0.2) is 72.8 Å². The van der Waals surface area contributed by atoms with Crippen molar-refractivity contribution in [1.29, 1.82) is 0 Å². The van der Waals surface area contributed by atoms with Gasteiger partial charge in [-0.25, -0.2) is 4.39 Å². The number of halogens is 1. The summed E-state index contributed by atoms with van der Waals surface area (Å²) in [5.74, 6) is -0.275. The van der Waals surface area contributed by atoms with Gasteiger partial charge in [-0.05, 0) is 53.3 Å². The van der Waals surface area contributed by atoms with Crippen LogP contribution in [0.2, 0.25) is 0 Å². The number of hydrogen-bond donors (Lipinski definition) is 1. The van der Waals surface area contributed by atoms with E-state index in [-0.39, 0.29) is 23.9 Å². The molecule has 3 aromatic carbocycles. The zero-order chi connectivity index (χ0) is 20.7. The molecule has 1 fully saturated rings. The maximum atomic E-state index is 14.2. The van der Waals surface area contributed by atoms with Crippen molar-refractivity contribution in [1.82, 2.24) is 0 Å². The molecule has 0 amide bonds. The van der Waals surface area contributed by atoms with Crippen molar-refractivity contribution < 1.29 is 19.0 Å². The van der Waals surface area contributed by atoms with E-state index in [4.69, 9.17) is 9.47 Å². The second-order valence-corrected chi connectivity index (χ2v) is 8.41. The fourth-order valence-corrected chi connectivity index (χ4v) is 4.96. The van der Waals surface area contributed by atoms with Gasteiger partial charge in [0.05, 0.1) is 25.4 Å². The monoisotopic (exact) mass is 404 g/mol. The van der Waals surface area contributed by atoms with Gasteiger partial charge in [-0.15, -0.1) is 0 Å². The van der Waals surface area contributed by atoms with Crippen LogP contribution in [0.1, 0.15) is 53.2 Å². The van der Waals surface area contributed by atoms with E-state index in [1.54, 1.807) is 13.0 Å². The molecule has 0 aromatic heterocycles. The molecule has 0 spiro atoms. The third-order valence-electron chi connectivity index (χ3n) is 6.37. The Hall–Kier alpha value is -2.53. The van der Waals surface area contributed by atoms with Gasteiger partial charge in [-0.3, -0.25) is 0 Å². The summed E-state index contributed by atoms with van der Waals surface area (Å²) in [6.07, 6.45) is 0.370. The van der Waals surface area contributed by atoms with E-state index < -0.39 is 5.60 Å². The Kier molecular flexibility index (Phi) is 4.94. The van der Waals surface area contributed by atoms with Gasteiger partial charge in [0.25, 0.3) is 0 Å². The van der Waals surface area contributed by atoms with Crippen LogP contribution in [-0.4, -0.2) is 17.8 Å². The molecule has 154 valence electrons. The van der Waals surface area contributed by atoms with Crippen LogP contribution < -0.4 is 0 Å². The molecule has 0 saturated carbocycles. The van der Waals surface area contributed by atoms with E-state index in [9.17, 15) is 9.50 Å². The summed E-state index contributed by atoms with van der Waals surface area (Å²) in [4.78, 5) is 0. The zero-order valence-corrected chi connectivity index (χ0v) is 16.9. The summed E-state index contributed by atoms with van der Waals surface area (Å²) in [5, 5.41) is 11.4. The molecule has 1 N–H and O–H groups in total. The number of ether oxygens (including phenoxy) is 2. The van der Waals surface area contributed by atoms with Gasteiger partial charge in [-0.1, -0.05) is 60.7 Å². The maximum Gasteiger partial charge on any atom is 0.123 e. The first-order valence-corrected chi connectivity index (χ1v) is 10.4. The molecule has 30 heavy (non-hydrogen) atoms. The van der Waals surface area contributed by atoms with Crippen molar-refractivity contribution in [3.8, 4) is 0 Å². The van der Waals surface area contributed by atoms with E-state index in [0.29, 0.717) is 18.8 Å². The number of fused-ring (bicyclic) bond motifs is 5. The fourth-order valence-electron chi connectivity index (χ4n) is 4.96. The van der Waals surface area contributed by atoms with Crippen LogP contribution in [0.5, 0.6) is 0 Å². The summed E-state index contributed by atoms with van der Waals surface area (Å²) in [6, 6.07) is 22.6. The summed E-state index contributed by atoms with van der Waals surface area (Å²) in [5.41, 5.74) is 3.28. The van der Waals surface area contributed by atoms with Crippen molar-refractivity contribution in [2.75, 3.05) is 6.61 Å². The van der Waals surface area contributed by atoms with Gasteiger partial charge in [0, 0.05) is 5.92 Å². The molecule has 4 atom stereocenters. The second kappa shape index (κ2) is 7.62. The van der Waals surface area contributed by atoms with Gasteiger partial charge in [0.15, 0.2) is 0 Å². The summed E-state index contributed by atoms with van der Waals surface area (Å²) < 4.78 is 26.5. The van der Waals surface area contributed by atoms with Crippen LogP contribution in [0.4, 0.5) is 4.39 Å². The molecule has 5 rings (SSSR count). The van der Waals surface area contributed by atoms with E-state index in [1.807, 2.05) is 48.5 Å². The lowest BCUT2D eigenvalue weighted by atomic mass is 9.83. The third-order valence-corrected chi connectivity index (χ3v) is 6.37. The largest absolute Gasteiger partial charge is 0.381 e. The maximum absolute atomic E-state index is 14.2. The lowest BCUT2D eigenvalue weighted by Crippen LogP contribution is -2.25. The first kappa shape index (κ1) is 19.4. The third kappa shape index (κ3) is 3.35. The molecular weight excluding hydrogens is 379 g/mol. The first-order chi connectivity index (χ1) is 14.5. The molecule has 3 aromatic rings. The standard InChI is InChI=1S/C26H25FO3/c1-26(28)23-10-6-5-9-20(23)21-14-19(16-29-15-17-7-3-2-4-8-17)30-25(21)22-13-18(27)11-12-24(22)26/h2-13,19,21,25,28H,14-16H2,1H3/t19-,21-,25+,26?/m1/s1. The van der Waals surface area contributed by atoms with Crippen molar-refractivity contribution >= 4 is 0 Å². The van der Waals surface area contributed by atoms with Gasteiger partial charge < -0.3 is 14.6 Å². The van der Waals surface area contributed by atoms with Gasteiger partial charge in [0.1, 0.15) is 11.4 Å². The van der Waals surface area contributed by atoms with Crippen molar-refractivity contribution in [2.24, 2.45) is 0 Å². The Balaban J connectivity index is 1.45. The van der Waals surface area contributed by atoms with Gasteiger partial charge >= 0.3 is 0 Å². The minimum absolute atomic E-state index is 0.0426. The first-order valence-electron chi connectivity index (χ1n) is 10.4. The average Bonchev–Trinajstić information content (AvgIpc) is 3.15. The van der Waals surface area contributed by atoms with Crippen LogP contribution in [0.3, 0.4) is 0 Å². The lowest BCUT2D eigenvalue weighted by molar-refractivity contribution is -0.0227. The highest BCUT2D eigenvalue weighted by atomic mass is 19.1. The summed E-state index contributed by atoms with van der Waals surface area (Å²) in [6.45, 7) is 2.79. The predicted molar refractivity (Wildman–Crippen MR) is 113 cm³/mol. The molecular formula is C26H25FO3. The molecule has 0 bridgehead atoms. The number of aliphatic hydroxyl groups is 1. The Morgan fingerprint density at radius 1 is 1.00 bits per heavy atom. The molecule has 3 nitrogen and oxygen atoms in total. The van der Waals surface area contributed by atoms with Gasteiger partial charge in [0.2, 0.25) is 0 Å². The van der Waals surface area contributed by atoms with Crippen LogP contribution in [0, 0.1) is 5.82 Å². The average molecular weight is 404 g/mol. The Morgan fingerprint density at radius 2 is 1.73 bits per heavy atom. The molecule has 0 radical (unpaired) electrons. The Morgan fingerprint density at radius 3 is 2.57 bits per heavy atom. The number of benzene rings is 3. The molecule has 2 aliphatic rings. The van der Waals surface area contributed by atoms with E-state index in [2.05, 4.69) is 6.07 Å². The minimum atomic E-state index is -1.20. The number of rotatable bonds is 4. The topological polar surface area (TPSA) is 38.7 Å². The van der Waals surface area contributed by atoms with Crippen LogP contribution in [0.25, 0.3) is 0 Å². The van der Waals surface area contributed by atoms with E-state index in [0.717, 1.165) is 28.7 Å². The normalized spacial score (nSPS) is 27.1. The Labute approximate surface area is 176 Å². The lowest BCUT2D eigenvalue weighted by Gasteiger charge is -2.27. The molecule has 4 heteroatoms. The smallest absolute Gasteiger partial charge is 0.123 e. The molecule has 1 aliphatic carbocycles. The zero-order valence-electron chi connectivity index (χ0n) is 16.9. The summed E-state index contributed by atoms with van der Waals surface area (Å²) in [7, 11) is 0. The highest BCUT2D eigenvalue weighted by Crippen LogP contribution is 2.53. The van der Waals surface area contributed by atoms with Crippen molar-refractivity contribution in [2.45, 2.75) is 43.7 Å². The minimum Gasteiger partial charge on any atom is -0.381 e. The van der Waals surface area contributed by atoms with Crippen LogP contribution in [-0.2, 0) is 21.7 Å². The second-order valence-electron chi connectivity index (χ2n) is 8.41. The van der Waals surface area contributed by atoms with Crippen LogP contribution >= 0.6 is 0 Å². The highest BCUT2D eigenvalue weighted by Gasteiger charge is 2.46. The number of hydrogen-bond acceptors (Lipinski definition) is 3. The molecule has 1 saturated heterocycles. The van der Waals surface area contributed by atoms with Crippen molar-refractivity contribution in [3.63, 3.8) is 0 Å². The summed E-state index contributed by atoms with van der Waals surface area (Å²) >= 11 is 0. The fraction of sp³-hybridized carbons (Fsp3) is 0.308. The van der Waals surface area contributed by atoms with E-state index in [1.165, 1.54) is 12.1 Å². The molecule has 1 heterocycles.